The number of hydrogen-bond donors (Lipinski definition) is 0. The van der Waals surface area contributed by atoms with Crippen LogP contribution in [0.5, 0.6) is 0 Å². The molecule has 0 unspecified atom stereocenters. The molecule has 0 fully saturated rings. The van der Waals surface area contributed by atoms with E-state index in [-0.39, 0.29) is 0 Å². The standard InChI is InChI=1S/C48H32N2/c1-2-10-33(11-3-1)35-20-24-39(25-21-35)49(42-26-22-34-12-4-5-14-38(34)32-42)40-27-29-41(30-28-40)50-45-19-9-16-37-15-8-18-44(47(37)45)48-43-17-7-6-13-36(43)23-31-46(48)50/h1-32H. The zero-order valence-electron chi connectivity index (χ0n) is 27.4. The van der Waals surface area contributed by atoms with Crippen molar-refractivity contribution in [1.82, 2.24) is 0 Å². The molecular weight excluding hydrogens is 605 g/mol. The van der Waals surface area contributed by atoms with E-state index < -0.39 is 0 Å². The molecule has 0 radical (unpaired) electrons. The molecule has 0 N–H and O–H groups in total. The van der Waals surface area contributed by atoms with Crippen molar-refractivity contribution in [2.45, 2.75) is 0 Å². The molecular formula is C48H32N2. The molecule has 0 spiro atoms. The second-order valence-electron chi connectivity index (χ2n) is 13.0. The summed E-state index contributed by atoms with van der Waals surface area (Å²) in [6, 6.07) is 70.5. The van der Waals surface area contributed by atoms with Gasteiger partial charge in [-0.25, -0.2) is 0 Å². The van der Waals surface area contributed by atoms with E-state index in [4.69, 9.17) is 0 Å². The van der Waals surface area contributed by atoms with Crippen molar-refractivity contribution < 1.29 is 0 Å². The molecule has 0 bridgehead atoms. The average Bonchev–Trinajstić information content (AvgIpc) is 3.19. The average molecular weight is 637 g/mol. The minimum absolute atomic E-state index is 1.10. The molecule has 2 nitrogen and oxygen atoms in total. The van der Waals surface area contributed by atoms with E-state index in [1.54, 1.807) is 0 Å². The first-order chi connectivity index (χ1) is 24.8. The van der Waals surface area contributed by atoms with Gasteiger partial charge >= 0.3 is 0 Å². The van der Waals surface area contributed by atoms with Gasteiger partial charge in [0, 0.05) is 33.7 Å². The summed E-state index contributed by atoms with van der Waals surface area (Å²) >= 11 is 0. The lowest BCUT2D eigenvalue weighted by Crippen LogP contribution is -2.15. The van der Waals surface area contributed by atoms with Crippen molar-refractivity contribution in [2.75, 3.05) is 9.80 Å². The number of hydrogen-bond acceptors (Lipinski definition) is 2. The largest absolute Gasteiger partial charge is 0.310 e. The fraction of sp³-hybridized carbons (Fsp3) is 0. The Morgan fingerprint density at radius 2 is 0.960 bits per heavy atom. The van der Waals surface area contributed by atoms with E-state index >= 15 is 0 Å². The summed E-state index contributed by atoms with van der Waals surface area (Å²) in [5.41, 5.74) is 11.9. The normalized spacial score (nSPS) is 12.0. The maximum absolute atomic E-state index is 2.44. The van der Waals surface area contributed by atoms with Crippen molar-refractivity contribution >= 4 is 66.4 Å². The molecule has 1 aliphatic heterocycles. The first-order valence-electron chi connectivity index (χ1n) is 17.2. The lowest BCUT2D eigenvalue weighted by Gasteiger charge is -2.34. The van der Waals surface area contributed by atoms with Crippen molar-refractivity contribution in [3.8, 4) is 22.3 Å². The molecule has 0 saturated carbocycles. The van der Waals surface area contributed by atoms with E-state index in [2.05, 4.69) is 204 Å². The van der Waals surface area contributed by atoms with Crippen LogP contribution in [-0.2, 0) is 0 Å². The van der Waals surface area contributed by atoms with E-state index in [1.165, 1.54) is 65.9 Å². The lowest BCUT2D eigenvalue weighted by molar-refractivity contribution is 1.26. The Balaban J connectivity index is 1.12. The van der Waals surface area contributed by atoms with Crippen molar-refractivity contribution in [3.63, 3.8) is 0 Å². The molecule has 2 heteroatoms. The van der Waals surface area contributed by atoms with Crippen LogP contribution in [-0.4, -0.2) is 0 Å². The summed E-state index contributed by atoms with van der Waals surface area (Å²) in [5, 5.41) is 7.52. The third-order valence-corrected chi connectivity index (χ3v) is 10.1. The van der Waals surface area contributed by atoms with Crippen LogP contribution in [0.3, 0.4) is 0 Å². The Morgan fingerprint density at radius 1 is 0.360 bits per heavy atom. The van der Waals surface area contributed by atoms with Gasteiger partial charge in [-0.15, -0.1) is 0 Å². The summed E-state index contributed by atoms with van der Waals surface area (Å²) in [5.74, 6) is 0. The first kappa shape index (κ1) is 28.4. The molecule has 10 rings (SSSR count). The Kier molecular flexibility index (Phi) is 6.53. The van der Waals surface area contributed by atoms with Gasteiger partial charge in [0.05, 0.1) is 11.4 Å². The smallest absolute Gasteiger partial charge is 0.0547 e. The van der Waals surface area contributed by atoms with Gasteiger partial charge in [-0.3, -0.25) is 0 Å². The highest BCUT2D eigenvalue weighted by molar-refractivity contribution is 6.19. The quantitative estimate of drug-likeness (QED) is 0.185. The van der Waals surface area contributed by atoms with Crippen LogP contribution in [0, 0.1) is 0 Å². The second-order valence-corrected chi connectivity index (χ2v) is 13.0. The number of rotatable bonds is 5. The predicted octanol–water partition coefficient (Wildman–Crippen LogP) is 13.7. The summed E-state index contributed by atoms with van der Waals surface area (Å²) < 4.78 is 0. The van der Waals surface area contributed by atoms with E-state index in [0.717, 1.165) is 22.7 Å². The molecule has 1 heterocycles. The van der Waals surface area contributed by atoms with E-state index in [9.17, 15) is 0 Å². The molecule has 0 amide bonds. The topological polar surface area (TPSA) is 6.48 Å². The highest BCUT2D eigenvalue weighted by atomic mass is 15.2. The summed E-state index contributed by atoms with van der Waals surface area (Å²) in [6.45, 7) is 0. The number of nitrogens with zero attached hydrogens (tertiary/aromatic N) is 2. The maximum Gasteiger partial charge on any atom is 0.0547 e. The van der Waals surface area contributed by atoms with Crippen LogP contribution in [0.4, 0.5) is 34.1 Å². The van der Waals surface area contributed by atoms with Crippen LogP contribution < -0.4 is 9.80 Å². The maximum atomic E-state index is 2.44. The molecule has 0 saturated heterocycles. The lowest BCUT2D eigenvalue weighted by atomic mass is 9.87. The zero-order chi connectivity index (χ0) is 33.0. The molecule has 0 atom stereocenters. The Hall–Kier alpha value is -6.64. The van der Waals surface area contributed by atoms with Crippen LogP contribution >= 0.6 is 0 Å². The van der Waals surface area contributed by atoms with Gasteiger partial charge in [-0.2, -0.15) is 0 Å². The second kappa shape index (κ2) is 11.5. The summed E-state index contributed by atoms with van der Waals surface area (Å²) in [7, 11) is 0. The summed E-state index contributed by atoms with van der Waals surface area (Å²) in [4.78, 5) is 4.80. The van der Waals surface area contributed by atoms with Gasteiger partial charge in [0.1, 0.15) is 0 Å². The van der Waals surface area contributed by atoms with Gasteiger partial charge in [-0.05, 0) is 104 Å². The van der Waals surface area contributed by atoms with Gasteiger partial charge in [0.15, 0.2) is 0 Å². The highest BCUT2D eigenvalue weighted by Crippen LogP contribution is 2.53. The van der Waals surface area contributed by atoms with Gasteiger partial charge < -0.3 is 9.80 Å². The van der Waals surface area contributed by atoms with Crippen LogP contribution in [0.2, 0.25) is 0 Å². The van der Waals surface area contributed by atoms with Crippen molar-refractivity contribution in [3.05, 3.63) is 194 Å². The third kappa shape index (κ3) is 4.57. The minimum atomic E-state index is 1.10. The van der Waals surface area contributed by atoms with Crippen LogP contribution in [0.15, 0.2) is 194 Å². The monoisotopic (exact) mass is 636 g/mol. The van der Waals surface area contributed by atoms with Gasteiger partial charge in [0.25, 0.3) is 0 Å². The molecule has 0 aromatic heterocycles. The minimum Gasteiger partial charge on any atom is -0.310 e. The van der Waals surface area contributed by atoms with Gasteiger partial charge in [-0.1, -0.05) is 133 Å². The first-order valence-corrected chi connectivity index (χ1v) is 17.2. The fourth-order valence-corrected chi connectivity index (χ4v) is 7.80. The van der Waals surface area contributed by atoms with Crippen LogP contribution in [0.25, 0.3) is 54.6 Å². The fourth-order valence-electron chi connectivity index (χ4n) is 7.80. The summed E-state index contributed by atoms with van der Waals surface area (Å²) in [6.07, 6.45) is 0. The molecule has 50 heavy (non-hydrogen) atoms. The molecule has 1 aliphatic rings. The van der Waals surface area contributed by atoms with Gasteiger partial charge in [0.2, 0.25) is 0 Å². The Morgan fingerprint density at radius 3 is 1.76 bits per heavy atom. The number of fused-ring (bicyclic) bond motifs is 5. The molecule has 0 aliphatic carbocycles. The van der Waals surface area contributed by atoms with Crippen LogP contribution in [0.1, 0.15) is 0 Å². The Bertz CT molecular complexity index is 2690. The molecule has 9 aromatic carbocycles. The van der Waals surface area contributed by atoms with E-state index in [1.807, 2.05) is 0 Å². The third-order valence-electron chi connectivity index (χ3n) is 10.1. The predicted molar refractivity (Wildman–Crippen MR) is 213 cm³/mol. The van der Waals surface area contributed by atoms with Crippen molar-refractivity contribution in [1.29, 1.82) is 0 Å². The molecule has 234 valence electrons. The number of anilines is 6. The zero-order valence-corrected chi connectivity index (χ0v) is 27.4. The molecule has 9 aromatic rings. The van der Waals surface area contributed by atoms with E-state index in [0.29, 0.717) is 0 Å². The number of benzene rings is 9. The highest BCUT2D eigenvalue weighted by Gasteiger charge is 2.27. The Labute approximate surface area is 291 Å². The SMILES string of the molecule is c1ccc(-c2ccc(N(c3ccc(N4c5ccc6ccccc6c5-c5cccc6cccc4c56)cc3)c3ccc4ccccc4c3)cc2)cc1. The van der Waals surface area contributed by atoms with Crippen molar-refractivity contribution in [2.24, 2.45) is 0 Å².